The van der Waals surface area contributed by atoms with Crippen LogP contribution in [-0.4, -0.2) is 60.4 Å². The van der Waals surface area contributed by atoms with Gasteiger partial charge in [-0.3, -0.25) is 20.3 Å². The Balaban J connectivity index is 1.69. The molecule has 4 unspecified atom stereocenters. The Bertz CT molecular complexity index is 682. The smallest absolute Gasteiger partial charge is 0.325 e. The number of amides is 3. The second-order valence-electron chi connectivity index (χ2n) is 6.77. The van der Waals surface area contributed by atoms with Gasteiger partial charge in [0.25, 0.3) is 0 Å². The third-order valence-electron chi connectivity index (χ3n) is 5.01. The first-order valence-electron chi connectivity index (χ1n) is 8.07. The first kappa shape index (κ1) is 15.9. The largest absolute Gasteiger partial charge is 0.343 e. The number of nitrogens with one attached hydrogen (secondary N) is 2. The van der Waals surface area contributed by atoms with E-state index in [1.807, 2.05) is 12.1 Å². The van der Waals surface area contributed by atoms with Crippen LogP contribution in [0.2, 0.25) is 0 Å². The molecule has 0 aliphatic carbocycles. The van der Waals surface area contributed by atoms with Crippen molar-refractivity contribution in [2.24, 2.45) is 5.92 Å². The van der Waals surface area contributed by atoms with Gasteiger partial charge in [0.2, 0.25) is 5.91 Å². The standard InChI is InChI=1S/C16H20BrN5O2/c1-9-7-21(11-5-3-10(17)4-6-11)15-18-13-12(22(15)8-9)14(23)19-16(24)20(13)2/h3-6,9,12-13,15,18H,7-8H2,1-2H3,(H,19,23,24). The van der Waals surface area contributed by atoms with Crippen molar-refractivity contribution in [3.05, 3.63) is 28.7 Å². The minimum Gasteiger partial charge on any atom is -0.343 e. The quantitative estimate of drug-likeness (QED) is 0.743. The second kappa shape index (κ2) is 5.72. The number of rotatable bonds is 1. The third-order valence-corrected chi connectivity index (χ3v) is 5.54. The van der Waals surface area contributed by atoms with Crippen LogP contribution in [0.5, 0.6) is 0 Å². The van der Waals surface area contributed by atoms with Crippen LogP contribution >= 0.6 is 15.9 Å². The molecule has 2 N–H and O–H groups in total. The number of fused-ring (bicyclic) bond motifs is 3. The van der Waals surface area contributed by atoms with E-state index in [1.54, 1.807) is 11.9 Å². The van der Waals surface area contributed by atoms with Gasteiger partial charge >= 0.3 is 6.03 Å². The van der Waals surface area contributed by atoms with Crippen LogP contribution in [0.3, 0.4) is 0 Å². The molecule has 3 saturated heterocycles. The van der Waals surface area contributed by atoms with Gasteiger partial charge in [-0.05, 0) is 30.2 Å². The molecule has 3 amide bonds. The zero-order chi connectivity index (χ0) is 17.0. The summed E-state index contributed by atoms with van der Waals surface area (Å²) in [6.45, 7) is 3.90. The minimum atomic E-state index is -0.363. The highest BCUT2D eigenvalue weighted by molar-refractivity contribution is 9.10. The number of imide groups is 1. The number of hydrogen-bond acceptors (Lipinski definition) is 5. The summed E-state index contributed by atoms with van der Waals surface area (Å²) in [4.78, 5) is 30.4. The summed E-state index contributed by atoms with van der Waals surface area (Å²) in [5.74, 6) is 0.198. The summed E-state index contributed by atoms with van der Waals surface area (Å²) in [7, 11) is 1.72. The minimum absolute atomic E-state index is 0.100. The van der Waals surface area contributed by atoms with E-state index in [0.717, 1.165) is 23.2 Å². The van der Waals surface area contributed by atoms with E-state index >= 15 is 0 Å². The summed E-state index contributed by atoms with van der Waals surface area (Å²) in [5, 5.41) is 5.93. The Morgan fingerprint density at radius 3 is 2.58 bits per heavy atom. The van der Waals surface area contributed by atoms with Crippen molar-refractivity contribution >= 4 is 33.6 Å². The molecule has 24 heavy (non-hydrogen) atoms. The molecule has 4 rings (SSSR count). The van der Waals surface area contributed by atoms with Gasteiger partial charge in [0.1, 0.15) is 18.5 Å². The molecule has 3 aliphatic rings. The molecule has 0 bridgehead atoms. The highest BCUT2D eigenvalue weighted by Crippen LogP contribution is 2.33. The summed E-state index contributed by atoms with van der Waals surface area (Å²) in [6, 6.07) is 7.46. The van der Waals surface area contributed by atoms with Crippen LogP contribution in [0.1, 0.15) is 6.92 Å². The van der Waals surface area contributed by atoms with Crippen molar-refractivity contribution in [3.63, 3.8) is 0 Å². The van der Waals surface area contributed by atoms with Crippen molar-refractivity contribution in [2.75, 3.05) is 25.0 Å². The summed E-state index contributed by atoms with van der Waals surface area (Å²) < 4.78 is 1.03. The molecule has 8 heteroatoms. The van der Waals surface area contributed by atoms with Crippen LogP contribution < -0.4 is 15.5 Å². The van der Waals surface area contributed by atoms with Gasteiger partial charge in [-0.25, -0.2) is 4.79 Å². The Kier molecular flexibility index (Phi) is 3.78. The Morgan fingerprint density at radius 2 is 1.88 bits per heavy atom. The van der Waals surface area contributed by atoms with E-state index in [-0.39, 0.29) is 30.4 Å². The monoisotopic (exact) mass is 393 g/mol. The van der Waals surface area contributed by atoms with E-state index in [4.69, 9.17) is 0 Å². The lowest BCUT2D eigenvalue weighted by Crippen LogP contribution is -2.65. The lowest BCUT2D eigenvalue weighted by Gasteiger charge is -2.45. The van der Waals surface area contributed by atoms with Gasteiger partial charge in [-0.15, -0.1) is 0 Å². The van der Waals surface area contributed by atoms with Crippen molar-refractivity contribution in [3.8, 4) is 0 Å². The maximum absolute atomic E-state index is 12.4. The molecule has 0 saturated carbocycles. The van der Waals surface area contributed by atoms with E-state index < -0.39 is 0 Å². The highest BCUT2D eigenvalue weighted by atomic mass is 79.9. The molecule has 0 spiro atoms. The number of halogens is 1. The lowest BCUT2D eigenvalue weighted by molar-refractivity contribution is -0.128. The van der Waals surface area contributed by atoms with Crippen LogP contribution in [0.25, 0.3) is 0 Å². The summed E-state index contributed by atoms with van der Waals surface area (Å²) in [6.07, 6.45) is -0.407. The van der Waals surface area contributed by atoms with Gasteiger partial charge in [0.15, 0.2) is 0 Å². The Morgan fingerprint density at radius 1 is 1.17 bits per heavy atom. The maximum Gasteiger partial charge on any atom is 0.325 e. The van der Waals surface area contributed by atoms with Gasteiger partial charge in [-0.1, -0.05) is 22.9 Å². The molecule has 1 aromatic carbocycles. The Labute approximate surface area is 149 Å². The number of benzene rings is 1. The third kappa shape index (κ3) is 2.40. The first-order valence-corrected chi connectivity index (χ1v) is 8.86. The van der Waals surface area contributed by atoms with Gasteiger partial charge < -0.3 is 9.80 Å². The SMILES string of the molecule is CC1CN(c2ccc(Br)cc2)C2NC3C(C(=O)NC(=O)N3C)N2C1. The zero-order valence-corrected chi connectivity index (χ0v) is 15.2. The number of anilines is 1. The van der Waals surface area contributed by atoms with Crippen molar-refractivity contribution in [1.82, 2.24) is 20.4 Å². The highest BCUT2D eigenvalue weighted by Gasteiger charge is 2.54. The van der Waals surface area contributed by atoms with Gasteiger partial charge in [0, 0.05) is 30.3 Å². The normalized spacial score (nSPS) is 33.3. The zero-order valence-electron chi connectivity index (χ0n) is 13.6. The van der Waals surface area contributed by atoms with Crippen LogP contribution in [0.4, 0.5) is 10.5 Å². The van der Waals surface area contributed by atoms with Gasteiger partial charge in [-0.2, -0.15) is 0 Å². The molecular weight excluding hydrogens is 374 g/mol. The van der Waals surface area contributed by atoms with Gasteiger partial charge in [0.05, 0.1) is 0 Å². The van der Waals surface area contributed by atoms with E-state index in [2.05, 4.69) is 55.4 Å². The average molecular weight is 394 g/mol. The predicted octanol–water partition coefficient (Wildman–Crippen LogP) is 0.970. The first-order chi connectivity index (χ1) is 11.5. The maximum atomic E-state index is 12.4. The molecule has 128 valence electrons. The fourth-order valence-corrected chi connectivity index (χ4v) is 4.16. The fraction of sp³-hybridized carbons (Fsp3) is 0.500. The van der Waals surface area contributed by atoms with E-state index in [0.29, 0.717) is 5.92 Å². The molecule has 4 atom stereocenters. The molecular formula is C16H20BrN5O2. The molecule has 0 aromatic heterocycles. The van der Waals surface area contributed by atoms with Crippen molar-refractivity contribution < 1.29 is 9.59 Å². The number of nitrogens with zero attached hydrogens (tertiary/aromatic N) is 3. The predicted molar refractivity (Wildman–Crippen MR) is 93.2 cm³/mol. The summed E-state index contributed by atoms with van der Waals surface area (Å²) >= 11 is 3.47. The molecule has 3 aliphatic heterocycles. The van der Waals surface area contributed by atoms with Crippen molar-refractivity contribution in [2.45, 2.75) is 25.4 Å². The fourth-order valence-electron chi connectivity index (χ4n) is 3.90. The van der Waals surface area contributed by atoms with Crippen LogP contribution in [0, 0.1) is 5.92 Å². The number of carbonyl (C=O) groups is 2. The second-order valence-corrected chi connectivity index (χ2v) is 7.68. The van der Waals surface area contributed by atoms with Crippen LogP contribution in [-0.2, 0) is 4.79 Å². The molecule has 3 fully saturated rings. The number of hydrogen-bond donors (Lipinski definition) is 2. The van der Waals surface area contributed by atoms with Crippen molar-refractivity contribution in [1.29, 1.82) is 0 Å². The molecule has 7 nitrogen and oxygen atoms in total. The molecule has 3 heterocycles. The molecule has 0 radical (unpaired) electrons. The van der Waals surface area contributed by atoms with E-state index in [1.165, 1.54) is 0 Å². The average Bonchev–Trinajstić information content (AvgIpc) is 2.92. The summed E-state index contributed by atoms with van der Waals surface area (Å²) in [5.41, 5.74) is 1.10. The number of likely N-dealkylation sites (N-methyl/N-ethyl adjacent to an activating group) is 1. The van der Waals surface area contributed by atoms with E-state index in [9.17, 15) is 9.59 Å². The molecule has 1 aromatic rings. The van der Waals surface area contributed by atoms with Crippen LogP contribution in [0.15, 0.2) is 28.7 Å². The number of carbonyl (C=O) groups excluding carboxylic acids is 2. The lowest BCUT2D eigenvalue weighted by atomic mass is 10.0. The topological polar surface area (TPSA) is 67.9 Å². The Hall–Kier alpha value is -1.64. The number of urea groups is 1.